The number of nitrogens with zero attached hydrogens (tertiary/aromatic N) is 2. The number of carboxylic acids is 1. The minimum Gasteiger partial charge on any atom is -0.492 e. The molecule has 0 amide bonds. The molecule has 0 spiro atoms. The molecule has 2 N–H and O–H groups in total. The molecule has 2 heterocycles. The first kappa shape index (κ1) is 23.6. The zero-order valence-electron chi connectivity index (χ0n) is 18.8. The number of piperidine rings is 1. The van der Waals surface area contributed by atoms with E-state index in [0.29, 0.717) is 35.8 Å². The molecule has 1 aliphatic heterocycles. The van der Waals surface area contributed by atoms with Crippen LogP contribution in [0.25, 0.3) is 10.2 Å². The van der Waals surface area contributed by atoms with Crippen LogP contribution in [0.3, 0.4) is 0 Å². The lowest BCUT2D eigenvalue weighted by Crippen LogP contribution is -2.38. The lowest BCUT2D eigenvalue weighted by atomic mass is 10.0. The van der Waals surface area contributed by atoms with Crippen LogP contribution in [0.2, 0.25) is 5.02 Å². The monoisotopic (exact) mass is 489 g/mol. The van der Waals surface area contributed by atoms with E-state index in [1.165, 1.54) is 11.3 Å². The largest absolute Gasteiger partial charge is 0.492 e. The Morgan fingerprint density at radius 3 is 2.45 bits per heavy atom. The van der Waals surface area contributed by atoms with Gasteiger partial charge in [-0.3, -0.25) is 4.90 Å². The second-order valence-electron chi connectivity index (χ2n) is 7.97. The zero-order valence-corrected chi connectivity index (χ0v) is 20.3. The molecular formula is C24H28ClN3O4S. The highest BCUT2D eigenvalue weighted by molar-refractivity contribution is 7.22. The minimum atomic E-state index is -0.922. The van der Waals surface area contributed by atoms with Crippen LogP contribution in [-0.4, -0.2) is 53.3 Å². The summed E-state index contributed by atoms with van der Waals surface area (Å²) in [5.74, 6) is 0.409. The lowest BCUT2D eigenvalue weighted by molar-refractivity contribution is 0.0697. The van der Waals surface area contributed by atoms with Crippen molar-refractivity contribution in [3.63, 3.8) is 0 Å². The van der Waals surface area contributed by atoms with Crippen molar-refractivity contribution in [2.45, 2.75) is 39.3 Å². The van der Waals surface area contributed by atoms with E-state index in [0.717, 1.165) is 53.4 Å². The first-order valence-corrected chi connectivity index (χ1v) is 12.4. The number of hydrogen-bond acceptors (Lipinski definition) is 7. The average Bonchev–Trinajstić information content (AvgIpc) is 3.20. The number of aromatic carboxylic acids is 1. The van der Waals surface area contributed by atoms with Gasteiger partial charge in [-0.1, -0.05) is 22.9 Å². The van der Waals surface area contributed by atoms with Crippen LogP contribution in [0.15, 0.2) is 30.3 Å². The summed E-state index contributed by atoms with van der Waals surface area (Å²) in [6.45, 7) is 7.72. The molecule has 0 atom stereocenters. The maximum atomic E-state index is 11.2. The Morgan fingerprint density at radius 2 is 1.85 bits per heavy atom. The first-order valence-electron chi connectivity index (χ1n) is 11.2. The number of carboxylic acid groups (broad SMARTS) is 1. The smallest absolute Gasteiger partial charge is 0.335 e. The molecular weight excluding hydrogens is 462 g/mol. The SMILES string of the molecule is CCOc1cc(CN2CCC(Nc3nc4ccc(C(=O)O)cc4s3)CC2)cc(OCC)c1Cl. The van der Waals surface area contributed by atoms with Crippen molar-refractivity contribution < 1.29 is 19.4 Å². The van der Waals surface area contributed by atoms with Crippen molar-refractivity contribution >= 4 is 44.3 Å². The van der Waals surface area contributed by atoms with Gasteiger partial charge in [-0.05, 0) is 62.6 Å². The van der Waals surface area contributed by atoms with Crippen molar-refractivity contribution in [1.29, 1.82) is 0 Å². The highest BCUT2D eigenvalue weighted by atomic mass is 35.5. The summed E-state index contributed by atoms with van der Waals surface area (Å²) in [6, 6.07) is 9.39. The normalized spacial score (nSPS) is 15.0. The molecule has 0 bridgehead atoms. The molecule has 33 heavy (non-hydrogen) atoms. The van der Waals surface area contributed by atoms with E-state index in [2.05, 4.69) is 15.2 Å². The molecule has 4 rings (SSSR count). The van der Waals surface area contributed by atoms with Crippen molar-refractivity contribution in [2.24, 2.45) is 0 Å². The Balaban J connectivity index is 1.36. The van der Waals surface area contributed by atoms with Gasteiger partial charge in [0.15, 0.2) is 5.13 Å². The zero-order chi connectivity index (χ0) is 23.4. The Kier molecular flexibility index (Phi) is 7.57. The second kappa shape index (κ2) is 10.6. The van der Waals surface area contributed by atoms with Crippen molar-refractivity contribution in [1.82, 2.24) is 9.88 Å². The summed E-state index contributed by atoms with van der Waals surface area (Å²) < 4.78 is 12.3. The lowest BCUT2D eigenvalue weighted by Gasteiger charge is -2.32. The van der Waals surface area contributed by atoms with E-state index in [1.54, 1.807) is 18.2 Å². The fraction of sp³-hybridized carbons (Fsp3) is 0.417. The molecule has 1 saturated heterocycles. The molecule has 176 valence electrons. The highest BCUT2D eigenvalue weighted by Crippen LogP contribution is 2.36. The molecule has 1 fully saturated rings. The van der Waals surface area contributed by atoms with Gasteiger partial charge in [0.2, 0.25) is 0 Å². The number of rotatable bonds is 9. The van der Waals surface area contributed by atoms with E-state index >= 15 is 0 Å². The Morgan fingerprint density at radius 1 is 1.18 bits per heavy atom. The van der Waals surface area contributed by atoms with Crippen LogP contribution in [0.1, 0.15) is 42.6 Å². The minimum absolute atomic E-state index is 0.285. The van der Waals surface area contributed by atoms with Gasteiger partial charge in [0.1, 0.15) is 16.5 Å². The fourth-order valence-electron chi connectivity index (χ4n) is 4.03. The Labute approximate surface area is 202 Å². The van der Waals surface area contributed by atoms with Crippen LogP contribution in [0.4, 0.5) is 5.13 Å². The third-order valence-corrected chi connectivity index (χ3v) is 6.94. The van der Waals surface area contributed by atoms with Gasteiger partial charge in [0.05, 0.1) is 29.0 Å². The second-order valence-corrected chi connectivity index (χ2v) is 9.38. The third kappa shape index (κ3) is 5.69. The van der Waals surface area contributed by atoms with Gasteiger partial charge in [0.25, 0.3) is 0 Å². The molecule has 0 radical (unpaired) electrons. The summed E-state index contributed by atoms with van der Waals surface area (Å²) in [5.41, 5.74) is 2.23. The number of thiazole rings is 1. The Hall–Kier alpha value is -2.55. The number of aromatic nitrogens is 1. The molecule has 7 nitrogen and oxygen atoms in total. The van der Waals surface area contributed by atoms with E-state index in [1.807, 2.05) is 26.0 Å². The van der Waals surface area contributed by atoms with Gasteiger partial charge in [-0.25, -0.2) is 9.78 Å². The van der Waals surface area contributed by atoms with Crippen LogP contribution in [0, 0.1) is 0 Å². The van der Waals surface area contributed by atoms with Crippen molar-refractivity contribution in [2.75, 3.05) is 31.6 Å². The highest BCUT2D eigenvalue weighted by Gasteiger charge is 2.21. The van der Waals surface area contributed by atoms with Crippen LogP contribution < -0.4 is 14.8 Å². The number of ether oxygens (including phenoxy) is 2. The quantitative estimate of drug-likeness (QED) is 0.409. The molecule has 9 heteroatoms. The van der Waals surface area contributed by atoms with Gasteiger partial charge >= 0.3 is 5.97 Å². The molecule has 0 aliphatic carbocycles. The molecule has 1 aliphatic rings. The number of hydrogen-bond donors (Lipinski definition) is 2. The summed E-state index contributed by atoms with van der Waals surface area (Å²) in [4.78, 5) is 18.2. The average molecular weight is 490 g/mol. The number of carbonyl (C=O) groups is 1. The summed E-state index contributed by atoms with van der Waals surface area (Å²) in [6.07, 6.45) is 2.00. The standard InChI is InChI=1S/C24H28ClN3O4S/c1-3-31-19-11-15(12-20(22(19)25)32-4-2)14-28-9-7-17(8-10-28)26-24-27-18-6-5-16(23(29)30)13-21(18)33-24/h5-6,11-13,17H,3-4,7-10,14H2,1-2H3,(H,26,27)(H,29,30). The van der Waals surface area contributed by atoms with Gasteiger partial charge in [-0.2, -0.15) is 0 Å². The van der Waals surface area contributed by atoms with Crippen molar-refractivity contribution in [3.05, 3.63) is 46.5 Å². The fourth-order valence-corrected chi connectivity index (χ4v) is 5.23. The van der Waals surface area contributed by atoms with E-state index in [9.17, 15) is 9.90 Å². The number of halogens is 1. The van der Waals surface area contributed by atoms with Gasteiger partial charge < -0.3 is 19.9 Å². The molecule has 3 aromatic rings. The van der Waals surface area contributed by atoms with Gasteiger partial charge in [0, 0.05) is 25.7 Å². The molecule has 2 aromatic carbocycles. The first-order chi connectivity index (χ1) is 16.0. The van der Waals surface area contributed by atoms with Crippen molar-refractivity contribution in [3.8, 4) is 11.5 Å². The van der Waals surface area contributed by atoms with E-state index in [4.69, 9.17) is 21.1 Å². The molecule has 0 unspecified atom stereocenters. The topological polar surface area (TPSA) is 83.9 Å². The Bertz CT molecular complexity index is 1100. The maximum absolute atomic E-state index is 11.2. The summed E-state index contributed by atoms with van der Waals surface area (Å²) >= 11 is 7.92. The third-order valence-electron chi connectivity index (χ3n) is 5.62. The maximum Gasteiger partial charge on any atom is 0.335 e. The summed E-state index contributed by atoms with van der Waals surface area (Å²) in [7, 11) is 0. The molecule has 0 saturated carbocycles. The number of fused-ring (bicyclic) bond motifs is 1. The number of benzene rings is 2. The van der Waals surface area contributed by atoms with E-state index in [-0.39, 0.29) is 5.56 Å². The predicted molar refractivity (Wildman–Crippen MR) is 132 cm³/mol. The number of nitrogens with one attached hydrogen (secondary N) is 1. The van der Waals surface area contributed by atoms with Gasteiger partial charge in [-0.15, -0.1) is 0 Å². The van der Waals surface area contributed by atoms with Crippen LogP contribution >= 0.6 is 22.9 Å². The number of likely N-dealkylation sites (tertiary alicyclic amines) is 1. The van der Waals surface area contributed by atoms with Crippen LogP contribution in [-0.2, 0) is 6.54 Å². The number of anilines is 1. The molecule has 1 aromatic heterocycles. The van der Waals surface area contributed by atoms with Crippen LogP contribution in [0.5, 0.6) is 11.5 Å². The van der Waals surface area contributed by atoms with E-state index < -0.39 is 5.97 Å². The summed E-state index contributed by atoms with van der Waals surface area (Å²) in [5, 5.41) is 14.1. The predicted octanol–water partition coefficient (Wildman–Crippen LogP) is 5.52.